The minimum absolute atomic E-state index is 0.0867. The fourth-order valence-corrected chi connectivity index (χ4v) is 4.17. The third-order valence-corrected chi connectivity index (χ3v) is 6.16. The van der Waals surface area contributed by atoms with Gasteiger partial charge in [0.15, 0.2) is 10.1 Å². The van der Waals surface area contributed by atoms with Gasteiger partial charge in [-0.15, -0.1) is 10.2 Å². The van der Waals surface area contributed by atoms with Crippen molar-refractivity contribution in [2.75, 3.05) is 11.1 Å². The van der Waals surface area contributed by atoms with Gasteiger partial charge in [-0.05, 0) is 29.5 Å². The van der Waals surface area contributed by atoms with Gasteiger partial charge in [0.25, 0.3) is 0 Å². The second-order valence-electron chi connectivity index (χ2n) is 7.35. The SMILES string of the molecule is Cc1ccccc1Nc1nnc(SCC(=O)c2ccc(C(C)(C)C)cc2)s1. The highest BCUT2D eigenvalue weighted by Gasteiger charge is 2.15. The minimum Gasteiger partial charge on any atom is -0.330 e. The molecule has 3 aromatic rings. The van der Waals surface area contributed by atoms with Crippen LogP contribution in [-0.4, -0.2) is 21.7 Å². The highest BCUT2D eigenvalue weighted by atomic mass is 32.2. The third-order valence-electron chi connectivity index (χ3n) is 4.19. The summed E-state index contributed by atoms with van der Waals surface area (Å²) >= 11 is 2.88. The van der Waals surface area contributed by atoms with Crippen molar-refractivity contribution >= 4 is 39.7 Å². The minimum atomic E-state index is 0.0867. The smallest absolute Gasteiger partial charge is 0.210 e. The first-order valence-electron chi connectivity index (χ1n) is 8.75. The number of aryl methyl sites for hydroxylation is 1. The van der Waals surface area contributed by atoms with Crippen molar-refractivity contribution in [1.29, 1.82) is 0 Å². The van der Waals surface area contributed by atoms with E-state index < -0.39 is 0 Å². The number of para-hydroxylation sites is 1. The fraction of sp³-hybridized carbons (Fsp3) is 0.286. The molecule has 0 spiro atoms. The number of rotatable bonds is 6. The van der Waals surface area contributed by atoms with E-state index in [-0.39, 0.29) is 11.2 Å². The van der Waals surface area contributed by atoms with Gasteiger partial charge in [0.2, 0.25) is 5.13 Å². The molecule has 2 aromatic carbocycles. The molecule has 1 heterocycles. The maximum Gasteiger partial charge on any atom is 0.210 e. The average Bonchev–Trinajstić information content (AvgIpc) is 3.08. The Bertz CT molecular complexity index is 927. The van der Waals surface area contributed by atoms with Gasteiger partial charge in [0.05, 0.1) is 5.75 Å². The average molecular weight is 398 g/mol. The van der Waals surface area contributed by atoms with Gasteiger partial charge in [-0.25, -0.2) is 0 Å². The normalized spacial score (nSPS) is 11.4. The summed E-state index contributed by atoms with van der Waals surface area (Å²) < 4.78 is 0.783. The number of hydrogen-bond acceptors (Lipinski definition) is 6. The molecule has 0 amide bonds. The molecule has 0 aliphatic rings. The van der Waals surface area contributed by atoms with Crippen LogP contribution in [0.2, 0.25) is 0 Å². The van der Waals surface area contributed by atoms with Crippen molar-refractivity contribution in [1.82, 2.24) is 10.2 Å². The van der Waals surface area contributed by atoms with Crippen LogP contribution in [0.3, 0.4) is 0 Å². The van der Waals surface area contributed by atoms with E-state index >= 15 is 0 Å². The van der Waals surface area contributed by atoms with Crippen LogP contribution in [0.25, 0.3) is 0 Å². The van der Waals surface area contributed by atoms with E-state index in [4.69, 9.17) is 0 Å². The van der Waals surface area contributed by atoms with Crippen LogP contribution in [0, 0.1) is 6.92 Å². The van der Waals surface area contributed by atoms with Gasteiger partial charge in [-0.2, -0.15) is 0 Å². The van der Waals surface area contributed by atoms with Gasteiger partial charge >= 0.3 is 0 Å². The zero-order valence-electron chi connectivity index (χ0n) is 15.9. The molecule has 0 aliphatic heterocycles. The summed E-state index contributed by atoms with van der Waals surface area (Å²) in [5, 5.41) is 12.3. The Balaban J connectivity index is 1.58. The Hall–Kier alpha value is -2.18. The van der Waals surface area contributed by atoms with Crippen molar-refractivity contribution in [2.24, 2.45) is 0 Å². The fourth-order valence-electron chi connectivity index (χ4n) is 2.51. The third kappa shape index (κ3) is 5.17. The van der Waals surface area contributed by atoms with Crippen LogP contribution in [0.15, 0.2) is 52.9 Å². The van der Waals surface area contributed by atoms with Crippen molar-refractivity contribution in [3.05, 3.63) is 65.2 Å². The van der Waals surface area contributed by atoms with Crippen LogP contribution in [0.4, 0.5) is 10.8 Å². The lowest BCUT2D eigenvalue weighted by molar-refractivity contribution is 0.102. The number of nitrogens with one attached hydrogen (secondary N) is 1. The van der Waals surface area contributed by atoms with E-state index in [0.717, 1.165) is 26.3 Å². The highest BCUT2D eigenvalue weighted by Crippen LogP contribution is 2.29. The largest absolute Gasteiger partial charge is 0.330 e. The topological polar surface area (TPSA) is 54.9 Å². The van der Waals surface area contributed by atoms with Crippen LogP contribution in [-0.2, 0) is 5.41 Å². The predicted octanol–water partition coefficient (Wildman–Crippen LogP) is 5.86. The van der Waals surface area contributed by atoms with Crippen LogP contribution in [0.1, 0.15) is 42.3 Å². The molecule has 0 bridgehead atoms. The van der Waals surface area contributed by atoms with E-state index in [1.54, 1.807) is 0 Å². The van der Waals surface area contributed by atoms with Gasteiger partial charge in [0, 0.05) is 11.3 Å². The molecule has 0 saturated carbocycles. The predicted molar refractivity (Wildman–Crippen MR) is 115 cm³/mol. The molecule has 6 heteroatoms. The van der Waals surface area contributed by atoms with Crippen molar-refractivity contribution in [3.63, 3.8) is 0 Å². The number of thioether (sulfide) groups is 1. The molecule has 0 radical (unpaired) electrons. The Kier molecular flexibility index (Phi) is 5.97. The summed E-state index contributed by atoms with van der Waals surface area (Å²) in [7, 11) is 0. The lowest BCUT2D eigenvalue weighted by Crippen LogP contribution is -2.11. The zero-order chi connectivity index (χ0) is 19.4. The lowest BCUT2D eigenvalue weighted by Gasteiger charge is -2.18. The van der Waals surface area contributed by atoms with Crippen molar-refractivity contribution < 1.29 is 4.79 Å². The molecule has 0 unspecified atom stereocenters. The number of hydrogen-bond donors (Lipinski definition) is 1. The van der Waals surface area contributed by atoms with Crippen LogP contribution >= 0.6 is 23.1 Å². The first kappa shape index (κ1) is 19.6. The molecule has 1 N–H and O–H groups in total. The molecule has 0 aliphatic carbocycles. The van der Waals surface area contributed by atoms with Crippen LogP contribution in [0.5, 0.6) is 0 Å². The number of benzene rings is 2. The summed E-state index contributed by atoms with van der Waals surface area (Å²) in [6, 6.07) is 15.9. The Morgan fingerprint density at radius 3 is 2.44 bits per heavy atom. The summed E-state index contributed by atoms with van der Waals surface area (Å²) in [4.78, 5) is 12.4. The van der Waals surface area contributed by atoms with Crippen molar-refractivity contribution in [3.8, 4) is 0 Å². The number of Topliss-reactive ketones (excluding diaryl/α,β-unsaturated/α-hetero) is 1. The maximum absolute atomic E-state index is 12.4. The Labute approximate surface area is 168 Å². The second-order valence-corrected chi connectivity index (χ2v) is 9.55. The van der Waals surface area contributed by atoms with Gasteiger partial charge in [-0.3, -0.25) is 4.79 Å². The summed E-state index contributed by atoms with van der Waals surface area (Å²) in [6.07, 6.45) is 0. The van der Waals surface area contributed by atoms with E-state index in [9.17, 15) is 4.79 Å². The van der Waals surface area contributed by atoms with Gasteiger partial charge in [-0.1, -0.05) is 86.3 Å². The van der Waals surface area contributed by atoms with Gasteiger partial charge < -0.3 is 5.32 Å². The van der Waals surface area contributed by atoms with Crippen LogP contribution < -0.4 is 5.32 Å². The van der Waals surface area contributed by atoms with E-state index in [0.29, 0.717) is 5.75 Å². The number of carbonyl (C=O) groups is 1. The first-order chi connectivity index (χ1) is 12.8. The molecule has 0 saturated heterocycles. The maximum atomic E-state index is 12.4. The molecule has 4 nitrogen and oxygen atoms in total. The molecular weight excluding hydrogens is 374 g/mol. The molecular formula is C21H23N3OS2. The Morgan fingerprint density at radius 2 is 1.78 bits per heavy atom. The zero-order valence-corrected chi connectivity index (χ0v) is 17.6. The number of ketones is 1. The standard InChI is InChI=1S/C21H23N3OS2/c1-14-7-5-6-8-17(14)22-19-23-24-20(27-19)26-13-18(25)15-9-11-16(12-10-15)21(2,3)4/h5-12H,13H2,1-4H3,(H,22,23). The number of nitrogens with zero attached hydrogens (tertiary/aromatic N) is 2. The summed E-state index contributed by atoms with van der Waals surface area (Å²) in [6.45, 7) is 8.54. The highest BCUT2D eigenvalue weighted by molar-refractivity contribution is 8.01. The summed E-state index contributed by atoms with van der Waals surface area (Å²) in [5.41, 5.74) is 4.21. The number of aromatic nitrogens is 2. The van der Waals surface area contributed by atoms with E-state index in [1.807, 2.05) is 55.5 Å². The molecule has 0 atom stereocenters. The van der Waals surface area contributed by atoms with E-state index in [2.05, 4.69) is 36.3 Å². The molecule has 140 valence electrons. The quantitative estimate of drug-likeness (QED) is 0.417. The summed E-state index contributed by atoms with van der Waals surface area (Å²) in [5.74, 6) is 0.456. The molecule has 0 fully saturated rings. The van der Waals surface area contributed by atoms with Crippen molar-refractivity contribution in [2.45, 2.75) is 37.4 Å². The molecule has 3 rings (SSSR count). The first-order valence-corrected chi connectivity index (χ1v) is 10.6. The van der Waals surface area contributed by atoms with Gasteiger partial charge in [0.1, 0.15) is 0 Å². The number of carbonyl (C=O) groups excluding carboxylic acids is 1. The molecule has 1 aromatic heterocycles. The molecule has 27 heavy (non-hydrogen) atoms. The number of anilines is 2. The van der Waals surface area contributed by atoms with E-state index in [1.165, 1.54) is 28.7 Å². The monoisotopic (exact) mass is 397 g/mol. The Morgan fingerprint density at radius 1 is 1.07 bits per heavy atom. The lowest BCUT2D eigenvalue weighted by atomic mass is 9.86. The second kappa shape index (κ2) is 8.23.